The summed E-state index contributed by atoms with van der Waals surface area (Å²) in [5.41, 5.74) is 2.54. The van der Waals surface area contributed by atoms with E-state index >= 15 is 0 Å². The van der Waals surface area contributed by atoms with Crippen LogP contribution in [0.25, 0.3) is 5.65 Å². The molecule has 1 aromatic carbocycles. The van der Waals surface area contributed by atoms with Crippen LogP contribution >= 0.6 is 0 Å². The van der Waals surface area contributed by atoms with Gasteiger partial charge < -0.3 is 15.0 Å². The van der Waals surface area contributed by atoms with E-state index in [2.05, 4.69) is 41.1 Å². The number of nitrogens with zero attached hydrogens (tertiary/aromatic N) is 4. The number of aromatic nitrogens is 3. The molecule has 1 N–H and O–H groups in total. The van der Waals surface area contributed by atoms with Crippen LogP contribution in [0.5, 0.6) is 0 Å². The first kappa shape index (κ1) is 18.4. The lowest BCUT2D eigenvalue weighted by atomic mass is 9.87. The molecule has 1 fully saturated rings. The standard InChI is InChI=1S/C21H25N5O2/c1-21(2,3)16-6-4-15(5-7-16)20(27)23-17-14-26-18(22-17)8-9-19(24-26)25-10-12-28-13-11-25/h4-9,14H,10-13H2,1-3H3,(H,23,27). The van der Waals surface area contributed by atoms with E-state index in [4.69, 9.17) is 4.74 Å². The number of rotatable bonds is 3. The van der Waals surface area contributed by atoms with Gasteiger partial charge in [-0.25, -0.2) is 9.50 Å². The first-order chi connectivity index (χ1) is 13.4. The maximum Gasteiger partial charge on any atom is 0.256 e. The molecule has 0 unspecified atom stereocenters. The summed E-state index contributed by atoms with van der Waals surface area (Å²) in [6.07, 6.45) is 1.74. The minimum absolute atomic E-state index is 0.0560. The van der Waals surface area contributed by atoms with Gasteiger partial charge in [0.2, 0.25) is 0 Å². The van der Waals surface area contributed by atoms with Crippen molar-refractivity contribution in [2.75, 3.05) is 36.5 Å². The van der Waals surface area contributed by atoms with E-state index in [-0.39, 0.29) is 11.3 Å². The lowest BCUT2D eigenvalue weighted by Gasteiger charge is -2.27. The molecule has 4 rings (SSSR count). The van der Waals surface area contributed by atoms with Gasteiger partial charge in [0, 0.05) is 18.7 Å². The molecule has 0 aliphatic carbocycles. The third-order valence-electron chi connectivity index (χ3n) is 4.90. The average Bonchev–Trinajstić information content (AvgIpc) is 3.09. The maximum absolute atomic E-state index is 12.6. The van der Waals surface area contributed by atoms with Crippen LogP contribution in [0.3, 0.4) is 0 Å². The largest absolute Gasteiger partial charge is 0.378 e. The van der Waals surface area contributed by atoms with Crippen molar-refractivity contribution < 1.29 is 9.53 Å². The lowest BCUT2D eigenvalue weighted by molar-refractivity contribution is 0.102. The number of carbonyl (C=O) groups excluding carboxylic acids is 1. The topological polar surface area (TPSA) is 71.8 Å². The monoisotopic (exact) mass is 379 g/mol. The maximum atomic E-state index is 12.6. The van der Waals surface area contributed by atoms with E-state index in [1.807, 2.05) is 36.4 Å². The number of benzene rings is 1. The highest BCUT2D eigenvalue weighted by Gasteiger charge is 2.16. The smallest absolute Gasteiger partial charge is 0.256 e. The number of carbonyl (C=O) groups is 1. The van der Waals surface area contributed by atoms with Crippen molar-refractivity contribution in [3.05, 3.63) is 53.7 Å². The van der Waals surface area contributed by atoms with Crippen molar-refractivity contribution in [1.29, 1.82) is 0 Å². The fourth-order valence-corrected chi connectivity index (χ4v) is 3.20. The third kappa shape index (κ3) is 3.84. The van der Waals surface area contributed by atoms with Crippen molar-refractivity contribution in [3.8, 4) is 0 Å². The summed E-state index contributed by atoms with van der Waals surface area (Å²) < 4.78 is 7.09. The van der Waals surface area contributed by atoms with E-state index in [0.717, 1.165) is 18.9 Å². The highest BCUT2D eigenvalue weighted by Crippen LogP contribution is 2.22. The highest BCUT2D eigenvalue weighted by atomic mass is 16.5. The second-order valence-corrected chi connectivity index (χ2v) is 8.00. The molecule has 2 aromatic heterocycles. The second-order valence-electron chi connectivity index (χ2n) is 8.00. The van der Waals surface area contributed by atoms with Gasteiger partial charge >= 0.3 is 0 Å². The zero-order valence-electron chi connectivity index (χ0n) is 16.5. The number of imidazole rings is 1. The van der Waals surface area contributed by atoms with Gasteiger partial charge in [-0.1, -0.05) is 32.9 Å². The molecule has 1 amide bonds. The average molecular weight is 379 g/mol. The number of hydrogen-bond acceptors (Lipinski definition) is 5. The van der Waals surface area contributed by atoms with Gasteiger partial charge in [-0.2, -0.15) is 0 Å². The summed E-state index contributed by atoms with van der Waals surface area (Å²) in [6, 6.07) is 11.5. The first-order valence-corrected chi connectivity index (χ1v) is 9.51. The van der Waals surface area contributed by atoms with Gasteiger partial charge in [0.15, 0.2) is 11.5 Å². The molecule has 1 aliphatic rings. The minimum atomic E-state index is -0.183. The number of hydrogen-bond donors (Lipinski definition) is 1. The fraction of sp³-hybridized carbons (Fsp3) is 0.381. The number of fused-ring (bicyclic) bond motifs is 1. The predicted molar refractivity (Wildman–Crippen MR) is 109 cm³/mol. The third-order valence-corrected chi connectivity index (χ3v) is 4.90. The molecule has 7 nitrogen and oxygen atoms in total. The molecule has 3 heterocycles. The Labute approximate surface area is 164 Å². The zero-order valence-corrected chi connectivity index (χ0v) is 16.5. The second kappa shape index (κ2) is 7.24. The van der Waals surface area contributed by atoms with Gasteiger partial charge in [0.25, 0.3) is 5.91 Å². The molecule has 28 heavy (non-hydrogen) atoms. The molecule has 146 valence electrons. The molecule has 1 saturated heterocycles. The Balaban J connectivity index is 1.50. The molecular weight excluding hydrogens is 354 g/mol. The van der Waals surface area contributed by atoms with Crippen LogP contribution in [0.2, 0.25) is 0 Å². The van der Waals surface area contributed by atoms with E-state index in [1.54, 1.807) is 10.7 Å². The quantitative estimate of drug-likeness (QED) is 0.757. The van der Waals surface area contributed by atoms with Crippen LogP contribution in [0.15, 0.2) is 42.6 Å². The van der Waals surface area contributed by atoms with Crippen LogP contribution in [0.1, 0.15) is 36.7 Å². The van der Waals surface area contributed by atoms with E-state index < -0.39 is 0 Å². The summed E-state index contributed by atoms with van der Waals surface area (Å²) in [7, 11) is 0. The molecule has 3 aromatic rings. The number of nitrogens with one attached hydrogen (secondary N) is 1. The van der Waals surface area contributed by atoms with Gasteiger partial charge in [-0.15, -0.1) is 5.10 Å². The number of ether oxygens (including phenoxy) is 1. The van der Waals surface area contributed by atoms with Crippen LogP contribution in [-0.4, -0.2) is 46.8 Å². The van der Waals surface area contributed by atoms with Crippen molar-refractivity contribution in [3.63, 3.8) is 0 Å². The Kier molecular flexibility index (Phi) is 4.77. The van der Waals surface area contributed by atoms with Crippen LogP contribution in [-0.2, 0) is 10.2 Å². The van der Waals surface area contributed by atoms with Crippen LogP contribution < -0.4 is 10.2 Å². The van der Waals surface area contributed by atoms with Crippen molar-refractivity contribution >= 4 is 23.2 Å². The van der Waals surface area contributed by atoms with Crippen molar-refractivity contribution in [2.24, 2.45) is 0 Å². The van der Waals surface area contributed by atoms with Gasteiger partial charge in [-0.05, 0) is 35.2 Å². The summed E-state index contributed by atoms with van der Waals surface area (Å²) in [6.45, 7) is 9.51. The zero-order chi connectivity index (χ0) is 19.7. The van der Waals surface area contributed by atoms with E-state index in [9.17, 15) is 4.79 Å². The molecule has 0 atom stereocenters. The predicted octanol–water partition coefficient (Wildman–Crippen LogP) is 3.12. The van der Waals surface area contributed by atoms with Crippen molar-refractivity contribution in [2.45, 2.75) is 26.2 Å². The van der Waals surface area contributed by atoms with Crippen LogP contribution in [0.4, 0.5) is 11.6 Å². The number of morpholine rings is 1. The Morgan fingerprint density at radius 2 is 1.79 bits per heavy atom. The Morgan fingerprint density at radius 3 is 2.46 bits per heavy atom. The van der Waals surface area contributed by atoms with Gasteiger partial charge in [-0.3, -0.25) is 4.79 Å². The Bertz CT molecular complexity index is 982. The SMILES string of the molecule is CC(C)(C)c1ccc(C(=O)Nc2cn3nc(N4CCOCC4)ccc3n2)cc1. The fourth-order valence-electron chi connectivity index (χ4n) is 3.20. The number of amides is 1. The molecule has 7 heteroatoms. The summed E-state index contributed by atoms with van der Waals surface area (Å²) in [5.74, 6) is 1.18. The molecule has 1 aliphatic heterocycles. The molecule has 0 spiro atoms. The Morgan fingerprint density at radius 1 is 1.07 bits per heavy atom. The van der Waals surface area contributed by atoms with Gasteiger partial charge in [0.1, 0.15) is 5.82 Å². The normalized spacial score (nSPS) is 15.0. The van der Waals surface area contributed by atoms with Crippen LogP contribution in [0, 0.1) is 0 Å². The molecular formula is C21H25N5O2. The van der Waals surface area contributed by atoms with E-state index in [0.29, 0.717) is 30.2 Å². The molecule has 0 radical (unpaired) electrons. The Hall–Kier alpha value is -2.93. The summed E-state index contributed by atoms with van der Waals surface area (Å²) in [5, 5.41) is 7.47. The van der Waals surface area contributed by atoms with E-state index in [1.165, 1.54) is 5.56 Å². The summed E-state index contributed by atoms with van der Waals surface area (Å²) in [4.78, 5) is 19.2. The first-order valence-electron chi connectivity index (χ1n) is 9.51. The molecule has 0 saturated carbocycles. The minimum Gasteiger partial charge on any atom is -0.378 e. The highest BCUT2D eigenvalue weighted by molar-refractivity contribution is 6.03. The summed E-state index contributed by atoms with van der Waals surface area (Å²) >= 11 is 0. The molecule has 0 bridgehead atoms. The number of anilines is 2. The van der Waals surface area contributed by atoms with Gasteiger partial charge in [0.05, 0.1) is 19.4 Å². The van der Waals surface area contributed by atoms with Crippen molar-refractivity contribution in [1.82, 2.24) is 14.6 Å². The lowest BCUT2D eigenvalue weighted by Crippen LogP contribution is -2.36.